The number of ether oxygens (including phenoxy) is 1. The first kappa shape index (κ1) is 21.9. The molecule has 1 N–H and O–H groups in total. The van der Waals surface area contributed by atoms with Crippen LogP contribution in [0.4, 0.5) is 0 Å². The monoisotopic (exact) mass is 328 g/mol. The summed E-state index contributed by atoms with van der Waals surface area (Å²) in [5.74, 6) is -0.285. The van der Waals surface area contributed by atoms with E-state index in [4.69, 9.17) is 4.74 Å². The number of rotatable bonds is 11. The molecule has 0 aromatic heterocycles. The quantitative estimate of drug-likeness (QED) is 0.357. The normalized spacial score (nSPS) is 14.0. The van der Waals surface area contributed by atoms with Gasteiger partial charge in [-0.25, -0.2) is 4.79 Å². The standard InChI is InChI=1S/C17H36N4O2/c1-9-21(10-2)11-12-23-16(22)17(6,7)19-18-13-15(5)20(8)14(3)4/h13-15,19H,9-12H2,1-8H3/b18-13-. The van der Waals surface area contributed by atoms with E-state index in [0.717, 1.165) is 19.6 Å². The zero-order chi connectivity index (χ0) is 18.0. The maximum absolute atomic E-state index is 12.2. The molecule has 0 aliphatic heterocycles. The Labute approximate surface area is 142 Å². The minimum absolute atomic E-state index is 0.192. The Morgan fingerprint density at radius 3 is 2.30 bits per heavy atom. The summed E-state index contributed by atoms with van der Waals surface area (Å²) in [5, 5.41) is 4.22. The Morgan fingerprint density at radius 1 is 1.26 bits per heavy atom. The predicted octanol–water partition coefficient (Wildman–Crippen LogP) is 1.95. The zero-order valence-electron chi connectivity index (χ0n) is 16.2. The minimum Gasteiger partial charge on any atom is -0.463 e. The van der Waals surface area contributed by atoms with Crippen molar-refractivity contribution in [2.24, 2.45) is 5.10 Å². The molecule has 6 nitrogen and oxygen atoms in total. The van der Waals surface area contributed by atoms with E-state index in [0.29, 0.717) is 12.6 Å². The Balaban J connectivity index is 4.32. The lowest BCUT2D eigenvalue weighted by Gasteiger charge is -2.26. The van der Waals surface area contributed by atoms with Crippen LogP contribution < -0.4 is 5.43 Å². The fraction of sp³-hybridized carbons (Fsp3) is 0.882. The van der Waals surface area contributed by atoms with Crippen LogP contribution in [-0.2, 0) is 9.53 Å². The molecular weight excluding hydrogens is 292 g/mol. The molecule has 0 aliphatic rings. The van der Waals surface area contributed by atoms with Gasteiger partial charge >= 0.3 is 5.97 Å². The van der Waals surface area contributed by atoms with Gasteiger partial charge in [0, 0.05) is 24.8 Å². The Kier molecular flexibility index (Phi) is 10.1. The molecular formula is C17H36N4O2. The van der Waals surface area contributed by atoms with Crippen LogP contribution in [0.1, 0.15) is 48.5 Å². The molecule has 0 aliphatic carbocycles. The van der Waals surface area contributed by atoms with Crippen LogP contribution in [0.25, 0.3) is 0 Å². The number of nitrogens with one attached hydrogen (secondary N) is 1. The maximum Gasteiger partial charge on any atom is 0.332 e. The molecule has 1 unspecified atom stereocenters. The largest absolute Gasteiger partial charge is 0.463 e. The number of hydrogen-bond donors (Lipinski definition) is 1. The number of hydrazone groups is 1. The fourth-order valence-electron chi connectivity index (χ4n) is 1.92. The lowest BCUT2D eigenvalue weighted by Crippen LogP contribution is -2.46. The Morgan fingerprint density at radius 2 is 1.83 bits per heavy atom. The molecule has 0 fully saturated rings. The number of carbonyl (C=O) groups excluding carboxylic acids is 1. The van der Waals surface area contributed by atoms with Gasteiger partial charge in [0.15, 0.2) is 0 Å². The molecule has 0 heterocycles. The van der Waals surface area contributed by atoms with E-state index in [1.54, 1.807) is 13.8 Å². The smallest absolute Gasteiger partial charge is 0.332 e. The third-order valence-electron chi connectivity index (χ3n) is 4.14. The van der Waals surface area contributed by atoms with Crippen LogP contribution in [0.2, 0.25) is 0 Å². The molecule has 0 radical (unpaired) electrons. The lowest BCUT2D eigenvalue weighted by atomic mass is 10.1. The molecule has 136 valence electrons. The summed E-state index contributed by atoms with van der Waals surface area (Å²) in [5.41, 5.74) is 2.07. The Bertz CT molecular complexity index is 366. The number of esters is 1. The summed E-state index contributed by atoms with van der Waals surface area (Å²) >= 11 is 0. The number of hydrogen-bond acceptors (Lipinski definition) is 6. The van der Waals surface area contributed by atoms with Crippen LogP contribution in [0.5, 0.6) is 0 Å². The van der Waals surface area contributed by atoms with Gasteiger partial charge in [-0.3, -0.25) is 10.3 Å². The fourth-order valence-corrected chi connectivity index (χ4v) is 1.92. The molecule has 1 atom stereocenters. The molecule has 23 heavy (non-hydrogen) atoms. The van der Waals surface area contributed by atoms with E-state index >= 15 is 0 Å². The van der Waals surface area contributed by atoms with Gasteiger partial charge in [-0.2, -0.15) is 5.10 Å². The van der Waals surface area contributed by atoms with Crippen molar-refractivity contribution in [1.82, 2.24) is 15.2 Å². The van der Waals surface area contributed by atoms with E-state index in [2.05, 4.69) is 54.9 Å². The van der Waals surface area contributed by atoms with Crippen LogP contribution >= 0.6 is 0 Å². The molecule has 6 heteroatoms. The van der Waals surface area contributed by atoms with E-state index < -0.39 is 5.54 Å². The second-order valence-corrected chi connectivity index (χ2v) is 6.68. The third kappa shape index (κ3) is 8.32. The highest BCUT2D eigenvalue weighted by atomic mass is 16.5. The average Bonchev–Trinajstić information content (AvgIpc) is 2.50. The second kappa shape index (κ2) is 10.6. The molecule has 0 bridgehead atoms. The van der Waals surface area contributed by atoms with Crippen molar-refractivity contribution in [3.63, 3.8) is 0 Å². The number of nitrogens with zero attached hydrogens (tertiary/aromatic N) is 3. The molecule has 0 rings (SSSR count). The van der Waals surface area contributed by atoms with Crippen molar-refractivity contribution in [3.05, 3.63) is 0 Å². The highest BCUT2D eigenvalue weighted by Gasteiger charge is 2.29. The first-order valence-corrected chi connectivity index (χ1v) is 8.57. The van der Waals surface area contributed by atoms with Crippen molar-refractivity contribution in [2.45, 2.75) is 66.1 Å². The maximum atomic E-state index is 12.2. The van der Waals surface area contributed by atoms with E-state index in [1.165, 1.54) is 0 Å². The predicted molar refractivity (Wildman–Crippen MR) is 96.8 cm³/mol. The average molecular weight is 329 g/mol. The summed E-state index contributed by atoms with van der Waals surface area (Å²) in [6.45, 7) is 17.2. The van der Waals surface area contributed by atoms with Gasteiger partial charge in [0.25, 0.3) is 0 Å². The van der Waals surface area contributed by atoms with Crippen molar-refractivity contribution in [2.75, 3.05) is 33.3 Å². The van der Waals surface area contributed by atoms with Gasteiger partial charge < -0.3 is 9.64 Å². The van der Waals surface area contributed by atoms with E-state index in [9.17, 15) is 4.79 Å². The summed E-state index contributed by atoms with van der Waals surface area (Å²) < 4.78 is 5.36. The van der Waals surface area contributed by atoms with Crippen LogP contribution in [-0.4, -0.2) is 72.9 Å². The van der Waals surface area contributed by atoms with Crippen LogP contribution in [0, 0.1) is 0 Å². The SMILES string of the molecule is CCN(CC)CCOC(=O)C(C)(C)N/N=C\C(C)N(C)C(C)C. The first-order chi connectivity index (χ1) is 10.7. The first-order valence-electron chi connectivity index (χ1n) is 8.57. The van der Waals surface area contributed by atoms with E-state index in [1.807, 2.05) is 13.3 Å². The Hall–Kier alpha value is -1.14. The molecule has 0 saturated heterocycles. The zero-order valence-corrected chi connectivity index (χ0v) is 16.2. The van der Waals surface area contributed by atoms with Gasteiger partial charge in [-0.15, -0.1) is 0 Å². The van der Waals surface area contributed by atoms with Gasteiger partial charge in [0.1, 0.15) is 12.1 Å². The van der Waals surface area contributed by atoms with Crippen LogP contribution in [0.15, 0.2) is 5.10 Å². The number of likely N-dealkylation sites (N-methyl/N-ethyl adjacent to an activating group) is 1. The van der Waals surface area contributed by atoms with Crippen molar-refractivity contribution >= 4 is 12.2 Å². The second-order valence-electron chi connectivity index (χ2n) is 6.68. The number of carbonyl (C=O) groups is 1. The van der Waals surface area contributed by atoms with Crippen molar-refractivity contribution in [3.8, 4) is 0 Å². The lowest BCUT2D eigenvalue weighted by molar-refractivity contribution is -0.150. The van der Waals surface area contributed by atoms with Crippen molar-refractivity contribution < 1.29 is 9.53 Å². The molecule has 0 spiro atoms. The highest BCUT2D eigenvalue weighted by Crippen LogP contribution is 2.06. The highest BCUT2D eigenvalue weighted by molar-refractivity contribution is 5.80. The summed E-state index contributed by atoms with van der Waals surface area (Å²) in [7, 11) is 2.05. The molecule has 0 aromatic rings. The molecule has 0 aromatic carbocycles. The molecule has 0 amide bonds. The summed E-state index contributed by atoms with van der Waals surface area (Å²) in [6.07, 6.45) is 1.81. The topological polar surface area (TPSA) is 57.2 Å². The summed E-state index contributed by atoms with van der Waals surface area (Å²) in [6, 6.07) is 0.631. The minimum atomic E-state index is -0.837. The van der Waals surface area contributed by atoms with Gasteiger partial charge in [-0.05, 0) is 54.8 Å². The summed E-state index contributed by atoms with van der Waals surface area (Å²) in [4.78, 5) is 16.6. The van der Waals surface area contributed by atoms with Gasteiger partial charge in [-0.1, -0.05) is 13.8 Å². The van der Waals surface area contributed by atoms with E-state index in [-0.39, 0.29) is 12.0 Å². The van der Waals surface area contributed by atoms with Crippen molar-refractivity contribution in [1.29, 1.82) is 0 Å². The molecule has 0 saturated carbocycles. The third-order valence-corrected chi connectivity index (χ3v) is 4.14. The van der Waals surface area contributed by atoms with Gasteiger partial charge in [0.05, 0.1) is 0 Å². The van der Waals surface area contributed by atoms with Gasteiger partial charge in [0.2, 0.25) is 0 Å². The van der Waals surface area contributed by atoms with Crippen LogP contribution in [0.3, 0.4) is 0 Å².